The Hall–Kier alpha value is -0.570. The van der Waals surface area contributed by atoms with Crippen LogP contribution < -0.4 is 10.6 Å². The van der Waals surface area contributed by atoms with Gasteiger partial charge in [-0.2, -0.15) is 0 Å². The van der Waals surface area contributed by atoms with E-state index < -0.39 is 0 Å². The molecule has 3 nitrogen and oxygen atoms in total. The Morgan fingerprint density at radius 1 is 1.54 bits per heavy atom. The third-order valence-electron chi connectivity index (χ3n) is 2.87. The lowest BCUT2D eigenvalue weighted by molar-refractivity contribution is -0.122. The largest absolute Gasteiger partial charge is 0.358 e. The topological polar surface area (TPSA) is 41.1 Å². The zero-order chi connectivity index (χ0) is 9.68. The second-order valence-electron chi connectivity index (χ2n) is 3.88. The molecule has 0 aliphatic heterocycles. The Labute approximate surface area is 80.3 Å². The van der Waals surface area contributed by atoms with Crippen LogP contribution in [0.2, 0.25) is 0 Å². The Morgan fingerprint density at radius 3 is 2.69 bits per heavy atom. The molecule has 1 saturated carbocycles. The van der Waals surface area contributed by atoms with Crippen molar-refractivity contribution >= 4 is 5.91 Å². The molecule has 1 rings (SSSR count). The third-order valence-corrected chi connectivity index (χ3v) is 2.87. The molecule has 13 heavy (non-hydrogen) atoms. The summed E-state index contributed by atoms with van der Waals surface area (Å²) in [7, 11) is 1.67. The van der Waals surface area contributed by atoms with E-state index >= 15 is 0 Å². The van der Waals surface area contributed by atoms with E-state index in [4.69, 9.17) is 0 Å². The normalized spacial score (nSPS) is 19.2. The standard InChI is InChI=1S/C10H20N2O/c1-8(10(13)11-2)12-7-6-9-4-3-5-9/h8-9,12H,3-7H2,1-2H3,(H,11,13). The van der Waals surface area contributed by atoms with Crippen LogP contribution >= 0.6 is 0 Å². The van der Waals surface area contributed by atoms with Crippen LogP contribution in [-0.2, 0) is 4.79 Å². The molecule has 0 bridgehead atoms. The van der Waals surface area contributed by atoms with Gasteiger partial charge in [0.1, 0.15) is 0 Å². The van der Waals surface area contributed by atoms with Crippen LogP contribution in [0.1, 0.15) is 32.6 Å². The molecule has 0 aromatic heterocycles. The van der Waals surface area contributed by atoms with Gasteiger partial charge in [-0.05, 0) is 25.8 Å². The molecule has 1 amide bonds. The first-order valence-corrected chi connectivity index (χ1v) is 5.19. The summed E-state index contributed by atoms with van der Waals surface area (Å²) >= 11 is 0. The van der Waals surface area contributed by atoms with Gasteiger partial charge >= 0.3 is 0 Å². The van der Waals surface area contributed by atoms with Crippen LogP contribution in [0, 0.1) is 5.92 Å². The summed E-state index contributed by atoms with van der Waals surface area (Å²) in [5.41, 5.74) is 0. The number of nitrogens with one attached hydrogen (secondary N) is 2. The van der Waals surface area contributed by atoms with Crippen molar-refractivity contribution in [3.63, 3.8) is 0 Å². The molecule has 0 heterocycles. The summed E-state index contributed by atoms with van der Waals surface area (Å²) in [6, 6.07) is -0.0509. The quantitative estimate of drug-likeness (QED) is 0.666. The number of rotatable bonds is 5. The summed E-state index contributed by atoms with van der Waals surface area (Å²) in [6.07, 6.45) is 5.39. The fourth-order valence-corrected chi connectivity index (χ4v) is 1.59. The number of hydrogen-bond acceptors (Lipinski definition) is 2. The Morgan fingerprint density at radius 2 is 2.23 bits per heavy atom. The highest BCUT2D eigenvalue weighted by Gasteiger charge is 2.17. The first kappa shape index (κ1) is 10.5. The van der Waals surface area contributed by atoms with E-state index in [-0.39, 0.29) is 11.9 Å². The summed E-state index contributed by atoms with van der Waals surface area (Å²) in [5.74, 6) is 0.998. The van der Waals surface area contributed by atoms with Gasteiger partial charge in [0, 0.05) is 7.05 Å². The molecule has 3 heteroatoms. The zero-order valence-electron chi connectivity index (χ0n) is 8.60. The van der Waals surface area contributed by atoms with Gasteiger partial charge in [-0.1, -0.05) is 19.3 Å². The number of likely N-dealkylation sites (N-methyl/N-ethyl adjacent to an activating group) is 1. The summed E-state index contributed by atoms with van der Waals surface area (Å²) in [4.78, 5) is 11.1. The summed E-state index contributed by atoms with van der Waals surface area (Å²) < 4.78 is 0. The minimum absolute atomic E-state index is 0.0509. The number of hydrogen-bond donors (Lipinski definition) is 2. The number of carbonyl (C=O) groups excluding carboxylic acids is 1. The summed E-state index contributed by atoms with van der Waals surface area (Å²) in [5, 5.41) is 5.85. The van der Waals surface area contributed by atoms with Crippen LogP contribution in [0.15, 0.2) is 0 Å². The van der Waals surface area contributed by atoms with Gasteiger partial charge in [-0.25, -0.2) is 0 Å². The van der Waals surface area contributed by atoms with E-state index in [1.54, 1.807) is 7.05 Å². The van der Waals surface area contributed by atoms with Gasteiger partial charge in [-0.3, -0.25) is 4.79 Å². The Kier molecular flexibility index (Phi) is 4.22. The summed E-state index contributed by atoms with van der Waals surface area (Å²) in [6.45, 7) is 2.87. The lowest BCUT2D eigenvalue weighted by atomic mass is 9.83. The molecule has 0 radical (unpaired) electrons. The van der Waals surface area contributed by atoms with Crippen molar-refractivity contribution in [1.82, 2.24) is 10.6 Å². The molecular formula is C10H20N2O. The lowest BCUT2D eigenvalue weighted by Crippen LogP contribution is -2.41. The number of carbonyl (C=O) groups is 1. The molecule has 0 saturated heterocycles. The minimum Gasteiger partial charge on any atom is -0.358 e. The molecule has 1 unspecified atom stereocenters. The van der Waals surface area contributed by atoms with E-state index in [2.05, 4.69) is 10.6 Å². The van der Waals surface area contributed by atoms with Gasteiger partial charge in [-0.15, -0.1) is 0 Å². The van der Waals surface area contributed by atoms with Crippen LogP contribution in [-0.4, -0.2) is 25.5 Å². The van der Waals surface area contributed by atoms with Crippen molar-refractivity contribution < 1.29 is 4.79 Å². The maximum absolute atomic E-state index is 11.1. The fourth-order valence-electron chi connectivity index (χ4n) is 1.59. The maximum Gasteiger partial charge on any atom is 0.236 e. The van der Waals surface area contributed by atoms with Gasteiger partial charge in [0.25, 0.3) is 0 Å². The van der Waals surface area contributed by atoms with Crippen molar-refractivity contribution in [1.29, 1.82) is 0 Å². The van der Waals surface area contributed by atoms with E-state index in [9.17, 15) is 4.79 Å². The molecule has 1 fully saturated rings. The monoisotopic (exact) mass is 184 g/mol. The van der Waals surface area contributed by atoms with Crippen LogP contribution in [0.25, 0.3) is 0 Å². The highest BCUT2D eigenvalue weighted by molar-refractivity contribution is 5.80. The van der Waals surface area contributed by atoms with E-state index in [0.717, 1.165) is 12.5 Å². The van der Waals surface area contributed by atoms with Gasteiger partial charge in [0.2, 0.25) is 5.91 Å². The maximum atomic E-state index is 11.1. The molecule has 1 atom stereocenters. The van der Waals surface area contributed by atoms with Crippen molar-refractivity contribution in [3.8, 4) is 0 Å². The molecule has 2 N–H and O–H groups in total. The van der Waals surface area contributed by atoms with Crippen LogP contribution in [0.4, 0.5) is 0 Å². The van der Waals surface area contributed by atoms with Gasteiger partial charge < -0.3 is 10.6 Å². The molecule has 76 valence electrons. The predicted octanol–water partition coefficient (Wildman–Crippen LogP) is 0.901. The van der Waals surface area contributed by atoms with E-state index in [1.807, 2.05) is 6.92 Å². The Bertz CT molecular complexity index is 166. The van der Waals surface area contributed by atoms with E-state index in [0.29, 0.717) is 0 Å². The second-order valence-corrected chi connectivity index (χ2v) is 3.88. The van der Waals surface area contributed by atoms with Gasteiger partial charge in [0.15, 0.2) is 0 Å². The van der Waals surface area contributed by atoms with Crippen molar-refractivity contribution in [2.75, 3.05) is 13.6 Å². The molecule has 1 aliphatic carbocycles. The van der Waals surface area contributed by atoms with Gasteiger partial charge in [0.05, 0.1) is 6.04 Å². The lowest BCUT2D eigenvalue weighted by Gasteiger charge is -2.25. The SMILES string of the molecule is CNC(=O)C(C)NCCC1CCC1. The molecule has 0 aromatic carbocycles. The van der Waals surface area contributed by atoms with Crippen molar-refractivity contribution in [2.24, 2.45) is 5.92 Å². The molecular weight excluding hydrogens is 164 g/mol. The van der Waals surface area contributed by atoms with Crippen molar-refractivity contribution in [3.05, 3.63) is 0 Å². The highest BCUT2D eigenvalue weighted by Crippen LogP contribution is 2.28. The molecule has 0 aromatic rings. The third kappa shape index (κ3) is 3.35. The smallest absolute Gasteiger partial charge is 0.236 e. The van der Waals surface area contributed by atoms with Crippen LogP contribution in [0.5, 0.6) is 0 Å². The first-order valence-electron chi connectivity index (χ1n) is 5.19. The minimum atomic E-state index is -0.0509. The van der Waals surface area contributed by atoms with E-state index in [1.165, 1.54) is 25.7 Å². The number of amides is 1. The molecule has 0 spiro atoms. The average molecular weight is 184 g/mol. The van der Waals surface area contributed by atoms with Crippen LogP contribution in [0.3, 0.4) is 0 Å². The second kappa shape index (κ2) is 5.22. The average Bonchev–Trinajstić information content (AvgIpc) is 2.07. The first-order chi connectivity index (χ1) is 6.24. The zero-order valence-corrected chi connectivity index (χ0v) is 8.60. The molecule has 1 aliphatic rings. The van der Waals surface area contributed by atoms with Crippen molar-refractivity contribution in [2.45, 2.75) is 38.6 Å². The Balaban J connectivity index is 2.00. The highest BCUT2D eigenvalue weighted by atomic mass is 16.2. The predicted molar refractivity (Wildman–Crippen MR) is 53.5 cm³/mol. The fraction of sp³-hybridized carbons (Fsp3) is 0.900.